The highest BCUT2D eigenvalue weighted by Gasteiger charge is 2.17. The minimum absolute atomic E-state index is 0. The smallest absolute Gasteiger partial charge is 0.224 e. The van der Waals surface area contributed by atoms with Crippen molar-refractivity contribution >= 4 is 18.3 Å². The Kier molecular flexibility index (Phi) is 2.09. The van der Waals surface area contributed by atoms with E-state index < -0.39 is 0 Å². The number of hydrogen-bond acceptors (Lipinski definition) is 1. The average molecular weight is 122 g/mol. The largest absolute Gasteiger partial charge is 0.345 e. The third-order valence-corrected chi connectivity index (χ3v) is 1.09. The van der Waals surface area contributed by atoms with Crippen LogP contribution in [0.5, 0.6) is 0 Å². The summed E-state index contributed by atoms with van der Waals surface area (Å²) in [5.74, 6) is 0.273. The summed E-state index contributed by atoms with van der Waals surface area (Å²) in [4.78, 5) is 11.9. The molecule has 0 radical (unpaired) electrons. The maximum atomic E-state index is 10.2. The molecule has 0 N–H and O–H groups in total. The number of likely N-dealkylation sites (tertiary alicyclic amines) is 1. The zero-order valence-electron chi connectivity index (χ0n) is 4.18. The van der Waals surface area contributed by atoms with Crippen LogP contribution in [0.2, 0.25) is 0 Å². The summed E-state index contributed by atoms with van der Waals surface area (Å²) in [6, 6.07) is 0. The van der Waals surface area contributed by atoms with E-state index in [9.17, 15) is 4.79 Å². The van der Waals surface area contributed by atoms with Crippen molar-refractivity contribution in [3.05, 3.63) is 0 Å². The summed E-state index contributed by atoms with van der Waals surface area (Å²) in [6.45, 7) is 0.957. The third-order valence-electron chi connectivity index (χ3n) is 1.09. The zero-order valence-corrected chi connectivity index (χ0v) is 4.99. The molecule has 0 aliphatic carbocycles. The predicted octanol–water partition coefficient (Wildman–Crippen LogP) is 0.270. The lowest BCUT2D eigenvalue weighted by Gasteiger charge is -2.24. The average Bonchev–Trinajstić information content (AvgIpc) is 1.61. The molecule has 1 heterocycles. The Morgan fingerprint density at radius 1 is 1.71 bits per heavy atom. The molecule has 0 aromatic rings. The minimum Gasteiger partial charge on any atom is -0.345 e. The molecule has 3 heteroatoms. The van der Waals surface area contributed by atoms with Gasteiger partial charge in [-0.1, -0.05) is 0 Å². The highest BCUT2D eigenvalue weighted by Crippen LogP contribution is 2.01. The van der Waals surface area contributed by atoms with Crippen LogP contribution in [-0.4, -0.2) is 24.4 Å². The monoisotopic (exact) mass is 121 g/mol. The highest BCUT2D eigenvalue weighted by molar-refractivity contribution is 5.85. The van der Waals surface area contributed by atoms with Crippen LogP contribution < -0.4 is 0 Å². The van der Waals surface area contributed by atoms with Gasteiger partial charge in [0.25, 0.3) is 0 Å². The molecule has 0 unspecified atom stereocenters. The van der Waals surface area contributed by atoms with Crippen molar-refractivity contribution in [2.45, 2.75) is 6.42 Å². The number of rotatable bonds is 0. The fourth-order valence-electron chi connectivity index (χ4n) is 0.427. The second-order valence-electron chi connectivity index (χ2n) is 1.57. The molecule has 1 aliphatic heterocycles. The molecule has 1 aliphatic rings. The van der Waals surface area contributed by atoms with Gasteiger partial charge in [-0.25, -0.2) is 0 Å². The lowest BCUT2D eigenvalue weighted by molar-refractivity contribution is -0.137. The zero-order chi connectivity index (χ0) is 4.57. The van der Waals surface area contributed by atoms with E-state index in [4.69, 9.17) is 0 Å². The molecule has 0 saturated carbocycles. The molecule has 1 saturated heterocycles. The molecule has 42 valence electrons. The van der Waals surface area contributed by atoms with E-state index in [0.717, 1.165) is 13.0 Å². The highest BCUT2D eigenvalue weighted by atomic mass is 35.5. The van der Waals surface area contributed by atoms with Gasteiger partial charge in [-0.15, -0.1) is 12.4 Å². The van der Waals surface area contributed by atoms with Gasteiger partial charge in [0.15, 0.2) is 0 Å². The van der Waals surface area contributed by atoms with Crippen LogP contribution in [0.25, 0.3) is 0 Å². The number of hydrogen-bond donors (Lipinski definition) is 0. The van der Waals surface area contributed by atoms with Crippen LogP contribution >= 0.6 is 12.4 Å². The van der Waals surface area contributed by atoms with Gasteiger partial charge >= 0.3 is 0 Å². The van der Waals surface area contributed by atoms with Crippen molar-refractivity contribution in [2.24, 2.45) is 0 Å². The number of carbonyl (C=O) groups excluding carboxylic acids is 1. The van der Waals surface area contributed by atoms with Gasteiger partial charge in [-0.05, 0) is 0 Å². The molecule has 0 aromatic heterocycles. The Balaban J connectivity index is 0.000000360. The molecule has 1 amide bonds. The first-order chi connectivity index (χ1) is 2.80. The molecule has 1 fully saturated rings. The Morgan fingerprint density at radius 3 is 2.14 bits per heavy atom. The maximum Gasteiger partial charge on any atom is 0.224 e. The second-order valence-corrected chi connectivity index (χ2v) is 1.57. The number of β-lactam (4-membered cyclic amide) rings is 1. The summed E-state index contributed by atoms with van der Waals surface area (Å²) in [5.41, 5.74) is 0. The topological polar surface area (TPSA) is 20.3 Å². The number of nitrogens with zero attached hydrogens (tertiary/aromatic N) is 1. The van der Waals surface area contributed by atoms with E-state index in [1.165, 1.54) is 0 Å². The quantitative estimate of drug-likeness (QED) is 0.422. The van der Waals surface area contributed by atoms with Gasteiger partial charge in [-0.3, -0.25) is 4.79 Å². The van der Waals surface area contributed by atoms with Crippen molar-refractivity contribution in [2.75, 3.05) is 13.6 Å². The first-order valence-corrected chi connectivity index (χ1v) is 2.04. The maximum absolute atomic E-state index is 10.2. The van der Waals surface area contributed by atoms with E-state index in [2.05, 4.69) is 0 Å². The lowest BCUT2D eigenvalue weighted by atomic mass is 10.2. The SMILES string of the molecule is CN1CCC1=O.Cl. The Hall–Kier alpha value is -0.240. The molecule has 0 spiro atoms. The van der Waals surface area contributed by atoms with Crippen LogP contribution in [0.15, 0.2) is 0 Å². The standard InChI is InChI=1S/C4H7NO.ClH/c1-5-3-2-4(5)6;/h2-3H2,1H3;1H. The minimum atomic E-state index is 0. The van der Waals surface area contributed by atoms with E-state index in [1.807, 2.05) is 7.05 Å². The van der Waals surface area contributed by atoms with Crippen LogP contribution in [0.1, 0.15) is 6.42 Å². The first-order valence-electron chi connectivity index (χ1n) is 2.04. The summed E-state index contributed by atoms with van der Waals surface area (Å²) >= 11 is 0. The van der Waals surface area contributed by atoms with Gasteiger partial charge in [0, 0.05) is 20.0 Å². The Bertz CT molecular complexity index is 83.8. The predicted molar refractivity (Wildman–Crippen MR) is 29.5 cm³/mol. The molecule has 2 nitrogen and oxygen atoms in total. The molecule has 0 atom stereocenters. The van der Waals surface area contributed by atoms with Crippen molar-refractivity contribution in [1.29, 1.82) is 0 Å². The fourth-order valence-corrected chi connectivity index (χ4v) is 0.427. The number of carbonyl (C=O) groups is 1. The lowest BCUT2D eigenvalue weighted by Crippen LogP contribution is -2.39. The third kappa shape index (κ3) is 1.06. The summed E-state index contributed by atoms with van der Waals surface area (Å²) in [6.07, 6.45) is 0.760. The van der Waals surface area contributed by atoms with E-state index in [1.54, 1.807) is 4.90 Å². The molecular weight excluding hydrogens is 114 g/mol. The number of amides is 1. The second kappa shape index (κ2) is 2.17. The molecule has 1 rings (SSSR count). The molecule has 0 aromatic carbocycles. The summed E-state index contributed by atoms with van der Waals surface area (Å²) < 4.78 is 0. The molecule has 7 heavy (non-hydrogen) atoms. The summed E-state index contributed by atoms with van der Waals surface area (Å²) in [7, 11) is 1.81. The van der Waals surface area contributed by atoms with Crippen molar-refractivity contribution < 1.29 is 4.79 Å². The molecule has 0 bridgehead atoms. The first kappa shape index (κ1) is 6.76. The van der Waals surface area contributed by atoms with E-state index in [-0.39, 0.29) is 18.3 Å². The van der Waals surface area contributed by atoms with Crippen LogP contribution in [-0.2, 0) is 4.79 Å². The van der Waals surface area contributed by atoms with Gasteiger partial charge < -0.3 is 4.90 Å². The van der Waals surface area contributed by atoms with Crippen LogP contribution in [0, 0.1) is 0 Å². The van der Waals surface area contributed by atoms with Gasteiger partial charge in [0.05, 0.1) is 0 Å². The normalized spacial score (nSPS) is 17.9. The van der Waals surface area contributed by atoms with Crippen LogP contribution in [0.4, 0.5) is 0 Å². The Labute approximate surface area is 48.9 Å². The molecular formula is C4H8ClNO. The van der Waals surface area contributed by atoms with Crippen molar-refractivity contribution in [3.63, 3.8) is 0 Å². The van der Waals surface area contributed by atoms with Gasteiger partial charge in [0.2, 0.25) is 5.91 Å². The van der Waals surface area contributed by atoms with E-state index in [0.29, 0.717) is 0 Å². The van der Waals surface area contributed by atoms with Crippen LogP contribution in [0.3, 0.4) is 0 Å². The van der Waals surface area contributed by atoms with Crippen molar-refractivity contribution in [1.82, 2.24) is 4.90 Å². The van der Waals surface area contributed by atoms with Gasteiger partial charge in [-0.2, -0.15) is 0 Å². The summed E-state index contributed by atoms with van der Waals surface area (Å²) in [5, 5.41) is 0. The van der Waals surface area contributed by atoms with Gasteiger partial charge in [0.1, 0.15) is 0 Å². The Morgan fingerprint density at radius 2 is 2.14 bits per heavy atom. The van der Waals surface area contributed by atoms with E-state index >= 15 is 0 Å². The fraction of sp³-hybridized carbons (Fsp3) is 0.750. The number of halogens is 1. The van der Waals surface area contributed by atoms with Crippen molar-refractivity contribution in [3.8, 4) is 0 Å².